The summed E-state index contributed by atoms with van der Waals surface area (Å²) in [7, 11) is 4.15. The molecule has 0 aromatic heterocycles. The van der Waals surface area contributed by atoms with E-state index in [0.29, 0.717) is 6.42 Å². The number of nitrogens with one attached hydrogen (secondary N) is 3. The molecule has 0 aliphatic heterocycles. The lowest BCUT2D eigenvalue weighted by atomic mass is 10.3. The molecule has 0 amide bonds. The first-order valence-electron chi connectivity index (χ1n) is 7.24. The van der Waals surface area contributed by atoms with Crippen LogP contribution in [0.25, 0.3) is 0 Å². The number of hydrogen-bond acceptors (Lipinski definition) is 5. The van der Waals surface area contributed by atoms with Crippen molar-refractivity contribution >= 4 is 5.84 Å². The van der Waals surface area contributed by atoms with Crippen LogP contribution in [-0.4, -0.2) is 49.4 Å². The van der Waals surface area contributed by atoms with Crippen molar-refractivity contribution in [1.29, 1.82) is 16.5 Å². The number of amidine groups is 1. The number of hydrogen-bond donors (Lipinski definition) is 4. The highest BCUT2D eigenvalue weighted by molar-refractivity contribution is 5.76. The van der Waals surface area contributed by atoms with Gasteiger partial charge >= 0.3 is 0 Å². The van der Waals surface area contributed by atoms with E-state index in [1.54, 1.807) is 0 Å². The zero-order chi connectivity index (χ0) is 17.3. The smallest absolute Gasteiger partial charge is 0.0918 e. The van der Waals surface area contributed by atoms with Crippen LogP contribution < -0.4 is 5.73 Å². The molecule has 21 heavy (non-hydrogen) atoms. The second kappa shape index (κ2) is 18.3. The molecule has 0 unspecified atom stereocenters. The Bertz CT molecular complexity index is 299. The van der Waals surface area contributed by atoms with Gasteiger partial charge in [0, 0.05) is 38.8 Å². The molecular formula is C15H34N6. The summed E-state index contributed by atoms with van der Waals surface area (Å²) >= 11 is 0. The average Bonchev–Trinajstić information content (AvgIpc) is 2.51. The Labute approximate surface area is 130 Å². The summed E-state index contributed by atoms with van der Waals surface area (Å²) in [6, 6.07) is 0. The van der Waals surface area contributed by atoms with Crippen molar-refractivity contribution in [2.45, 2.75) is 34.1 Å². The number of likely N-dealkylation sites (N-methyl/N-ethyl adjacent to an activating group) is 2. The summed E-state index contributed by atoms with van der Waals surface area (Å²) in [5.74, 6) is 0.259. The Morgan fingerprint density at radius 2 is 1.62 bits per heavy atom. The van der Waals surface area contributed by atoms with E-state index in [1.807, 2.05) is 32.9 Å². The van der Waals surface area contributed by atoms with Crippen LogP contribution >= 0.6 is 0 Å². The maximum atomic E-state index is 7.17. The van der Waals surface area contributed by atoms with E-state index in [-0.39, 0.29) is 5.84 Å². The van der Waals surface area contributed by atoms with Gasteiger partial charge in [-0.1, -0.05) is 26.0 Å². The zero-order valence-corrected chi connectivity index (χ0v) is 14.5. The van der Waals surface area contributed by atoms with Crippen LogP contribution in [0.1, 0.15) is 34.1 Å². The summed E-state index contributed by atoms with van der Waals surface area (Å²) < 4.78 is 0. The number of rotatable bonds is 8. The Hall–Kier alpha value is -1.69. The summed E-state index contributed by atoms with van der Waals surface area (Å²) in [6.07, 6.45) is 6.82. The fourth-order valence-electron chi connectivity index (χ4n) is 1.28. The van der Waals surface area contributed by atoms with Gasteiger partial charge in [0.15, 0.2) is 0 Å². The molecule has 124 valence electrons. The van der Waals surface area contributed by atoms with Crippen LogP contribution in [0.15, 0.2) is 23.9 Å². The Balaban J connectivity index is -0.000000739. The van der Waals surface area contributed by atoms with Crippen molar-refractivity contribution in [2.24, 2.45) is 5.73 Å². The molecule has 5 N–H and O–H groups in total. The van der Waals surface area contributed by atoms with Crippen molar-refractivity contribution in [3.63, 3.8) is 0 Å². The van der Waals surface area contributed by atoms with Crippen molar-refractivity contribution in [1.82, 2.24) is 9.80 Å². The van der Waals surface area contributed by atoms with E-state index < -0.39 is 0 Å². The van der Waals surface area contributed by atoms with Gasteiger partial charge in [-0.25, -0.2) is 11.1 Å². The number of allylic oxidation sites excluding steroid dienone is 4. The van der Waals surface area contributed by atoms with Gasteiger partial charge in [-0.15, -0.1) is 0 Å². The van der Waals surface area contributed by atoms with Crippen molar-refractivity contribution in [2.75, 3.05) is 33.7 Å². The van der Waals surface area contributed by atoms with Crippen molar-refractivity contribution in [3.8, 4) is 0 Å². The van der Waals surface area contributed by atoms with Crippen molar-refractivity contribution < 1.29 is 0 Å². The highest BCUT2D eigenvalue weighted by Gasteiger charge is 2.02. The van der Waals surface area contributed by atoms with E-state index in [1.165, 1.54) is 5.70 Å². The van der Waals surface area contributed by atoms with Gasteiger partial charge < -0.3 is 15.5 Å². The Morgan fingerprint density at radius 1 is 1.10 bits per heavy atom. The molecule has 0 aliphatic carbocycles. The summed E-state index contributed by atoms with van der Waals surface area (Å²) in [6.45, 7) is 10.9. The second-order valence-electron chi connectivity index (χ2n) is 4.33. The lowest BCUT2D eigenvalue weighted by Gasteiger charge is -2.23. The minimum absolute atomic E-state index is 0.259. The molecule has 0 heterocycles. The van der Waals surface area contributed by atoms with E-state index in [2.05, 4.69) is 36.9 Å². The standard InChI is InChI=1S/C13H26N4.C2H6.H2N2/c1-5-6-7-12(2)17(4)11-10-16(3)9-8-13(14)15;2*1-2/h5-7H,8-11H2,1-4H3,(H3,14,15);1-2H3;1-2H/b6-5-,12-7+;;. The third kappa shape index (κ3) is 18.3. The van der Waals surface area contributed by atoms with E-state index in [4.69, 9.17) is 22.2 Å². The molecule has 0 aromatic carbocycles. The van der Waals surface area contributed by atoms with Crippen LogP contribution in [0.2, 0.25) is 0 Å². The maximum Gasteiger partial charge on any atom is 0.0918 e. The van der Waals surface area contributed by atoms with Gasteiger partial charge in [0.05, 0.1) is 5.84 Å². The largest absolute Gasteiger partial charge is 0.388 e. The third-order valence-corrected chi connectivity index (χ3v) is 2.71. The molecular weight excluding hydrogens is 264 g/mol. The highest BCUT2D eigenvalue weighted by atomic mass is 15.2. The van der Waals surface area contributed by atoms with Gasteiger partial charge in [0.1, 0.15) is 0 Å². The van der Waals surface area contributed by atoms with Gasteiger partial charge in [-0.2, -0.15) is 0 Å². The SMILES string of the molecule is C/C=C\C=C(/C)N(C)CCN(C)CCC(=N)N.CC.N=N. The molecule has 0 aromatic rings. The molecule has 0 bridgehead atoms. The lowest BCUT2D eigenvalue weighted by molar-refractivity contribution is 0.291. The van der Waals surface area contributed by atoms with E-state index >= 15 is 0 Å². The third-order valence-electron chi connectivity index (χ3n) is 2.71. The van der Waals surface area contributed by atoms with Gasteiger partial charge in [0.2, 0.25) is 0 Å². The molecule has 0 fully saturated rings. The molecule has 6 nitrogen and oxygen atoms in total. The number of nitrogens with two attached hydrogens (primary N) is 1. The number of nitrogens with zero attached hydrogens (tertiary/aromatic N) is 2. The van der Waals surface area contributed by atoms with Gasteiger partial charge in [-0.05, 0) is 27.0 Å². The second-order valence-corrected chi connectivity index (χ2v) is 4.33. The van der Waals surface area contributed by atoms with Crippen molar-refractivity contribution in [3.05, 3.63) is 23.9 Å². The van der Waals surface area contributed by atoms with Crippen LogP contribution in [0.5, 0.6) is 0 Å². The fourth-order valence-corrected chi connectivity index (χ4v) is 1.28. The topological polar surface area (TPSA) is 104 Å². The first kappa shape index (κ1) is 24.3. The summed E-state index contributed by atoms with van der Waals surface area (Å²) in [4.78, 5) is 4.42. The van der Waals surface area contributed by atoms with E-state index in [0.717, 1.165) is 19.6 Å². The fraction of sp³-hybridized carbons (Fsp3) is 0.667. The molecule has 0 spiro atoms. The monoisotopic (exact) mass is 298 g/mol. The lowest BCUT2D eigenvalue weighted by Crippen LogP contribution is -2.32. The minimum atomic E-state index is 0.259. The van der Waals surface area contributed by atoms with Crippen LogP contribution in [-0.2, 0) is 0 Å². The maximum absolute atomic E-state index is 7.17. The van der Waals surface area contributed by atoms with Crippen LogP contribution in [0, 0.1) is 16.5 Å². The highest BCUT2D eigenvalue weighted by Crippen LogP contribution is 2.00. The zero-order valence-electron chi connectivity index (χ0n) is 14.5. The summed E-state index contributed by atoms with van der Waals surface area (Å²) in [5, 5.41) is 7.17. The van der Waals surface area contributed by atoms with Crippen LogP contribution in [0.3, 0.4) is 0 Å². The first-order valence-corrected chi connectivity index (χ1v) is 7.24. The first-order chi connectivity index (χ1) is 9.97. The van der Waals surface area contributed by atoms with Gasteiger partial charge in [0.25, 0.3) is 0 Å². The molecule has 0 atom stereocenters. The summed E-state index contributed by atoms with van der Waals surface area (Å²) in [5.41, 5.74) is 16.6. The molecule has 0 saturated carbocycles. The average molecular weight is 298 g/mol. The molecule has 0 aliphatic rings. The quantitative estimate of drug-likeness (QED) is 0.239. The minimum Gasteiger partial charge on any atom is -0.388 e. The molecule has 6 heteroatoms. The van der Waals surface area contributed by atoms with E-state index in [9.17, 15) is 0 Å². The molecule has 0 radical (unpaired) electrons. The normalized spacial score (nSPS) is 10.5. The predicted octanol–water partition coefficient (Wildman–Crippen LogP) is 3.28. The Kier molecular flexibility index (Phi) is 21.2. The van der Waals surface area contributed by atoms with Gasteiger partial charge in [-0.3, -0.25) is 5.41 Å². The van der Waals surface area contributed by atoms with Crippen LogP contribution in [0.4, 0.5) is 0 Å². The molecule has 0 rings (SSSR count). The molecule has 0 saturated heterocycles. The predicted molar refractivity (Wildman–Crippen MR) is 92.0 cm³/mol. The Morgan fingerprint density at radius 3 is 2.05 bits per heavy atom.